The molecule has 4 heteroatoms. The molecule has 0 spiro atoms. The maximum absolute atomic E-state index is 9.64. The van der Waals surface area contributed by atoms with E-state index >= 15 is 0 Å². The van der Waals surface area contributed by atoms with Crippen LogP contribution in [0.1, 0.15) is 46.5 Å². The molecule has 2 N–H and O–H groups in total. The summed E-state index contributed by atoms with van der Waals surface area (Å²) in [6.07, 6.45) is 3.59. The van der Waals surface area contributed by atoms with Crippen molar-refractivity contribution in [2.45, 2.75) is 64.8 Å². The lowest BCUT2D eigenvalue weighted by molar-refractivity contribution is -0.0657. The average Bonchev–Trinajstić information content (AvgIpc) is 2.33. The quantitative estimate of drug-likeness (QED) is 0.547. The Kier molecular flexibility index (Phi) is 10.9. The standard InChI is InChI=1S/C13H28O4/c1-4-5-6-7-13(15)10-17-12(3)9-16-11(2)8-14/h11-15H,4-10H2,1-3H3. The van der Waals surface area contributed by atoms with Crippen molar-refractivity contribution in [2.24, 2.45) is 0 Å². The molecule has 0 heterocycles. The van der Waals surface area contributed by atoms with E-state index < -0.39 is 0 Å². The van der Waals surface area contributed by atoms with E-state index in [1.807, 2.05) is 13.8 Å². The van der Waals surface area contributed by atoms with Gasteiger partial charge in [0.15, 0.2) is 0 Å². The van der Waals surface area contributed by atoms with Crippen LogP contribution in [-0.2, 0) is 9.47 Å². The van der Waals surface area contributed by atoms with E-state index in [9.17, 15) is 5.11 Å². The van der Waals surface area contributed by atoms with Gasteiger partial charge < -0.3 is 19.7 Å². The second-order valence-corrected chi connectivity index (χ2v) is 4.62. The van der Waals surface area contributed by atoms with Gasteiger partial charge in [-0.15, -0.1) is 0 Å². The molecule has 4 nitrogen and oxygen atoms in total. The summed E-state index contributed by atoms with van der Waals surface area (Å²) >= 11 is 0. The van der Waals surface area contributed by atoms with Gasteiger partial charge in [0.05, 0.1) is 38.1 Å². The molecule has 104 valence electrons. The van der Waals surface area contributed by atoms with E-state index in [0.29, 0.717) is 13.2 Å². The lowest BCUT2D eigenvalue weighted by atomic mass is 10.1. The molecule has 0 rings (SSSR count). The molecule has 0 aliphatic rings. The highest BCUT2D eigenvalue weighted by molar-refractivity contribution is 4.57. The van der Waals surface area contributed by atoms with Gasteiger partial charge in [-0.2, -0.15) is 0 Å². The number of hydrogen-bond donors (Lipinski definition) is 2. The minimum absolute atomic E-state index is 0.0202. The molecule has 3 unspecified atom stereocenters. The van der Waals surface area contributed by atoms with Crippen LogP contribution in [0.15, 0.2) is 0 Å². The Bertz CT molecular complexity index is 163. The molecule has 0 aliphatic heterocycles. The summed E-state index contributed by atoms with van der Waals surface area (Å²) in [6.45, 7) is 6.69. The number of hydrogen-bond acceptors (Lipinski definition) is 4. The summed E-state index contributed by atoms with van der Waals surface area (Å²) in [5, 5.41) is 18.4. The van der Waals surface area contributed by atoms with E-state index in [2.05, 4.69) is 6.92 Å². The Labute approximate surface area is 105 Å². The van der Waals surface area contributed by atoms with Crippen molar-refractivity contribution in [1.82, 2.24) is 0 Å². The summed E-state index contributed by atoms with van der Waals surface area (Å²) in [5.74, 6) is 0. The van der Waals surface area contributed by atoms with Gasteiger partial charge in [0.2, 0.25) is 0 Å². The summed E-state index contributed by atoms with van der Waals surface area (Å²) < 4.78 is 10.8. The molecule has 0 aliphatic carbocycles. The molecule has 0 saturated heterocycles. The minimum atomic E-state index is -0.376. The molecule has 0 fully saturated rings. The molecule has 0 aromatic rings. The zero-order valence-corrected chi connectivity index (χ0v) is 11.4. The van der Waals surface area contributed by atoms with Gasteiger partial charge in [-0.05, 0) is 20.3 Å². The molecule has 0 amide bonds. The van der Waals surface area contributed by atoms with Gasteiger partial charge in [0, 0.05) is 0 Å². The van der Waals surface area contributed by atoms with Crippen LogP contribution in [0.25, 0.3) is 0 Å². The largest absolute Gasteiger partial charge is 0.394 e. The first-order chi connectivity index (χ1) is 8.10. The van der Waals surface area contributed by atoms with Gasteiger partial charge in [0.1, 0.15) is 0 Å². The van der Waals surface area contributed by atoms with Gasteiger partial charge >= 0.3 is 0 Å². The number of unbranched alkanes of at least 4 members (excludes halogenated alkanes) is 2. The fraction of sp³-hybridized carbons (Fsp3) is 1.00. The first-order valence-corrected chi connectivity index (χ1v) is 6.62. The first kappa shape index (κ1) is 16.8. The molecule has 0 radical (unpaired) electrons. The van der Waals surface area contributed by atoms with E-state index in [1.165, 1.54) is 0 Å². The van der Waals surface area contributed by atoms with Crippen molar-refractivity contribution >= 4 is 0 Å². The summed E-state index contributed by atoms with van der Waals surface area (Å²) in [7, 11) is 0. The number of aliphatic hydroxyl groups is 2. The van der Waals surface area contributed by atoms with E-state index in [0.717, 1.165) is 25.7 Å². The molecular weight excluding hydrogens is 220 g/mol. The third kappa shape index (κ3) is 10.7. The Balaban J connectivity index is 3.44. The SMILES string of the molecule is CCCCCC(O)COC(C)COC(C)CO. The molecule has 0 saturated carbocycles. The van der Waals surface area contributed by atoms with Gasteiger partial charge in [-0.1, -0.05) is 26.2 Å². The van der Waals surface area contributed by atoms with Crippen LogP contribution in [-0.4, -0.2) is 48.3 Å². The average molecular weight is 248 g/mol. The number of ether oxygens (including phenoxy) is 2. The van der Waals surface area contributed by atoms with Gasteiger partial charge in [0.25, 0.3) is 0 Å². The van der Waals surface area contributed by atoms with Crippen LogP contribution in [0, 0.1) is 0 Å². The highest BCUT2D eigenvalue weighted by atomic mass is 16.5. The minimum Gasteiger partial charge on any atom is -0.394 e. The third-order valence-electron chi connectivity index (χ3n) is 2.59. The Morgan fingerprint density at radius 2 is 1.65 bits per heavy atom. The Morgan fingerprint density at radius 3 is 2.24 bits per heavy atom. The van der Waals surface area contributed by atoms with Gasteiger partial charge in [-0.25, -0.2) is 0 Å². The van der Waals surface area contributed by atoms with Crippen LogP contribution in [0.5, 0.6) is 0 Å². The number of rotatable bonds is 11. The van der Waals surface area contributed by atoms with Crippen molar-refractivity contribution in [3.63, 3.8) is 0 Å². The smallest absolute Gasteiger partial charge is 0.0781 e. The molecule has 0 bridgehead atoms. The normalized spacial score (nSPS) is 16.8. The number of aliphatic hydroxyl groups excluding tert-OH is 2. The van der Waals surface area contributed by atoms with Crippen molar-refractivity contribution in [1.29, 1.82) is 0 Å². The third-order valence-corrected chi connectivity index (χ3v) is 2.59. The highest BCUT2D eigenvalue weighted by Crippen LogP contribution is 2.05. The predicted octanol–water partition coefficient (Wildman–Crippen LogP) is 1.73. The topological polar surface area (TPSA) is 58.9 Å². The second kappa shape index (κ2) is 11.0. The second-order valence-electron chi connectivity index (χ2n) is 4.62. The lowest BCUT2D eigenvalue weighted by Gasteiger charge is -2.18. The zero-order chi connectivity index (χ0) is 13.1. The van der Waals surface area contributed by atoms with E-state index in [1.54, 1.807) is 0 Å². The van der Waals surface area contributed by atoms with Crippen LogP contribution in [0.4, 0.5) is 0 Å². The molecule has 0 aromatic carbocycles. The molecule has 0 aromatic heterocycles. The van der Waals surface area contributed by atoms with Crippen LogP contribution in [0.3, 0.4) is 0 Å². The monoisotopic (exact) mass is 248 g/mol. The Hall–Kier alpha value is -0.160. The highest BCUT2D eigenvalue weighted by Gasteiger charge is 2.09. The summed E-state index contributed by atoms with van der Waals surface area (Å²) in [4.78, 5) is 0. The summed E-state index contributed by atoms with van der Waals surface area (Å²) in [5.41, 5.74) is 0. The van der Waals surface area contributed by atoms with E-state index in [-0.39, 0.29) is 24.9 Å². The fourth-order valence-corrected chi connectivity index (χ4v) is 1.39. The Morgan fingerprint density at radius 1 is 1.00 bits per heavy atom. The first-order valence-electron chi connectivity index (χ1n) is 6.62. The van der Waals surface area contributed by atoms with Crippen LogP contribution < -0.4 is 0 Å². The molecule has 3 atom stereocenters. The van der Waals surface area contributed by atoms with Crippen molar-refractivity contribution < 1.29 is 19.7 Å². The van der Waals surface area contributed by atoms with Crippen LogP contribution >= 0.6 is 0 Å². The molecular formula is C13H28O4. The van der Waals surface area contributed by atoms with E-state index in [4.69, 9.17) is 14.6 Å². The van der Waals surface area contributed by atoms with Crippen molar-refractivity contribution in [3.05, 3.63) is 0 Å². The maximum atomic E-state index is 9.64. The molecule has 17 heavy (non-hydrogen) atoms. The van der Waals surface area contributed by atoms with Crippen LogP contribution in [0.2, 0.25) is 0 Å². The summed E-state index contributed by atoms with van der Waals surface area (Å²) in [6, 6.07) is 0. The van der Waals surface area contributed by atoms with Crippen molar-refractivity contribution in [3.8, 4) is 0 Å². The van der Waals surface area contributed by atoms with Gasteiger partial charge in [-0.3, -0.25) is 0 Å². The lowest BCUT2D eigenvalue weighted by Crippen LogP contribution is -2.26. The zero-order valence-electron chi connectivity index (χ0n) is 11.4. The fourth-order valence-electron chi connectivity index (χ4n) is 1.39. The predicted molar refractivity (Wildman–Crippen MR) is 68.1 cm³/mol. The maximum Gasteiger partial charge on any atom is 0.0781 e. The van der Waals surface area contributed by atoms with Crippen molar-refractivity contribution in [2.75, 3.05) is 19.8 Å².